The third-order valence-corrected chi connectivity index (χ3v) is 6.50. The van der Waals surface area contributed by atoms with E-state index < -0.39 is 6.04 Å². The van der Waals surface area contributed by atoms with Gasteiger partial charge in [0.2, 0.25) is 5.91 Å². The molecule has 3 aromatic rings. The van der Waals surface area contributed by atoms with E-state index in [4.69, 9.17) is 9.47 Å². The van der Waals surface area contributed by atoms with Gasteiger partial charge in [-0.05, 0) is 49.6 Å². The van der Waals surface area contributed by atoms with Crippen LogP contribution in [0.3, 0.4) is 0 Å². The summed E-state index contributed by atoms with van der Waals surface area (Å²) in [5.74, 6) is 0.710. The van der Waals surface area contributed by atoms with Crippen LogP contribution in [0.2, 0.25) is 0 Å². The highest BCUT2D eigenvalue weighted by Gasteiger charge is 2.21. The van der Waals surface area contributed by atoms with Crippen LogP contribution in [0, 0.1) is 13.8 Å². The first kappa shape index (κ1) is 24.6. The molecule has 1 aromatic heterocycles. The number of hydrogen-bond donors (Lipinski definition) is 2. The third-order valence-electron chi connectivity index (χ3n) is 5.54. The van der Waals surface area contributed by atoms with Crippen molar-refractivity contribution in [3.8, 4) is 11.5 Å². The van der Waals surface area contributed by atoms with Crippen LogP contribution in [0.5, 0.6) is 11.5 Å². The Kier molecular flexibility index (Phi) is 7.99. The van der Waals surface area contributed by atoms with Crippen molar-refractivity contribution in [2.24, 2.45) is 0 Å². The lowest BCUT2D eigenvalue weighted by atomic mass is 10.1. The molecular weight excluding hydrogens is 442 g/mol. The van der Waals surface area contributed by atoms with Gasteiger partial charge in [0.15, 0.2) is 16.7 Å². The number of aliphatic hydroxyl groups excluding tert-OH is 1. The Morgan fingerprint density at radius 1 is 1.15 bits per heavy atom. The van der Waals surface area contributed by atoms with Crippen molar-refractivity contribution in [2.75, 3.05) is 31.9 Å². The van der Waals surface area contributed by atoms with Crippen LogP contribution in [0.1, 0.15) is 30.5 Å². The highest BCUT2D eigenvalue weighted by Crippen LogP contribution is 2.32. The van der Waals surface area contributed by atoms with E-state index in [9.17, 15) is 14.7 Å². The number of hydrogen-bond acceptors (Lipinski definition) is 7. The maximum atomic E-state index is 13.4. The fraction of sp³-hybridized carbons (Fsp3) is 0.375. The van der Waals surface area contributed by atoms with Crippen LogP contribution in [-0.2, 0) is 4.79 Å². The summed E-state index contributed by atoms with van der Waals surface area (Å²) < 4.78 is 12.1. The van der Waals surface area contributed by atoms with Gasteiger partial charge in [-0.25, -0.2) is 4.98 Å². The zero-order valence-electron chi connectivity index (χ0n) is 19.5. The number of fused-ring (bicyclic) bond motifs is 1. The number of thioether (sulfide) groups is 1. The number of nitrogens with zero attached hydrogens (tertiary/aromatic N) is 2. The highest BCUT2D eigenvalue weighted by atomic mass is 32.2. The number of rotatable bonds is 9. The van der Waals surface area contributed by atoms with Crippen molar-refractivity contribution >= 4 is 34.3 Å². The number of aliphatic hydroxyl groups is 1. The molecule has 8 nitrogen and oxygen atoms in total. The molecule has 1 amide bonds. The molecule has 0 saturated carbocycles. The number of benzene rings is 2. The van der Waals surface area contributed by atoms with E-state index in [1.807, 2.05) is 39.0 Å². The Morgan fingerprint density at radius 2 is 1.85 bits per heavy atom. The van der Waals surface area contributed by atoms with Gasteiger partial charge in [-0.2, -0.15) is 0 Å². The molecule has 33 heavy (non-hydrogen) atoms. The number of carbonyl (C=O) groups is 1. The molecule has 0 saturated heterocycles. The average Bonchev–Trinajstić information content (AvgIpc) is 2.81. The van der Waals surface area contributed by atoms with E-state index in [-0.39, 0.29) is 23.8 Å². The number of amides is 1. The smallest absolute Gasteiger partial charge is 0.262 e. The average molecular weight is 472 g/mol. The van der Waals surface area contributed by atoms with E-state index >= 15 is 0 Å². The molecule has 9 heteroatoms. The second-order valence-electron chi connectivity index (χ2n) is 7.67. The monoisotopic (exact) mass is 471 g/mol. The van der Waals surface area contributed by atoms with Gasteiger partial charge in [0.25, 0.3) is 5.56 Å². The Morgan fingerprint density at radius 3 is 2.45 bits per heavy atom. The van der Waals surface area contributed by atoms with Gasteiger partial charge in [-0.1, -0.05) is 24.8 Å². The molecule has 2 aromatic carbocycles. The third kappa shape index (κ3) is 5.31. The Balaban J connectivity index is 1.97. The van der Waals surface area contributed by atoms with Gasteiger partial charge in [0.1, 0.15) is 0 Å². The fourth-order valence-electron chi connectivity index (χ4n) is 3.47. The molecule has 0 spiro atoms. The predicted octanol–water partition coefficient (Wildman–Crippen LogP) is 3.70. The summed E-state index contributed by atoms with van der Waals surface area (Å²) in [6, 6.07) is 8.49. The van der Waals surface area contributed by atoms with E-state index in [0.29, 0.717) is 39.7 Å². The quantitative estimate of drug-likeness (QED) is 0.362. The molecule has 0 fully saturated rings. The number of aryl methyl sites for hydroxylation is 2. The zero-order valence-corrected chi connectivity index (χ0v) is 20.3. The molecule has 1 heterocycles. The number of carbonyl (C=O) groups excluding carboxylic acids is 1. The second-order valence-corrected chi connectivity index (χ2v) is 8.62. The topological polar surface area (TPSA) is 103 Å². The number of ether oxygens (including phenoxy) is 2. The van der Waals surface area contributed by atoms with Crippen molar-refractivity contribution in [3.05, 3.63) is 51.8 Å². The summed E-state index contributed by atoms with van der Waals surface area (Å²) in [7, 11) is 3.01. The van der Waals surface area contributed by atoms with E-state index in [0.717, 1.165) is 22.9 Å². The zero-order chi connectivity index (χ0) is 24.1. The van der Waals surface area contributed by atoms with Gasteiger partial charge >= 0.3 is 0 Å². The van der Waals surface area contributed by atoms with Crippen molar-refractivity contribution in [1.29, 1.82) is 0 Å². The molecule has 1 atom stereocenters. The van der Waals surface area contributed by atoms with Crippen LogP contribution < -0.4 is 20.3 Å². The van der Waals surface area contributed by atoms with Crippen molar-refractivity contribution in [1.82, 2.24) is 9.55 Å². The number of methoxy groups -OCH3 is 2. The Bertz CT molecular complexity index is 1220. The highest BCUT2D eigenvalue weighted by molar-refractivity contribution is 7.99. The largest absolute Gasteiger partial charge is 0.493 e. The normalized spacial score (nSPS) is 11.9. The van der Waals surface area contributed by atoms with Crippen LogP contribution >= 0.6 is 11.8 Å². The summed E-state index contributed by atoms with van der Waals surface area (Å²) >= 11 is 1.15. The molecule has 0 radical (unpaired) electrons. The molecule has 0 bridgehead atoms. The minimum atomic E-state index is -0.465. The van der Waals surface area contributed by atoms with Gasteiger partial charge in [-0.3, -0.25) is 14.2 Å². The summed E-state index contributed by atoms with van der Waals surface area (Å²) in [6.45, 7) is 5.66. The van der Waals surface area contributed by atoms with Crippen molar-refractivity contribution in [3.63, 3.8) is 0 Å². The van der Waals surface area contributed by atoms with Gasteiger partial charge < -0.3 is 19.9 Å². The van der Waals surface area contributed by atoms with Crippen LogP contribution in [0.25, 0.3) is 10.9 Å². The lowest BCUT2D eigenvalue weighted by Gasteiger charge is -2.20. The summed E-state index contributed by atoms with van der Waals surface area (Å²) in [4.78, 5) is 30.6. The minimum Gasteiger partial charge on any atom is -0.493 e. The molecular formula is C24H29N3O5S. The molecule has 0 aliphatic rings. The molecule has 2 N–H and O–H groups in total. The molecule has 0 unspecified atom stereocenters. The molecule has 3 rings (SSSR count). The standard InChI is InChI=1S/C24H29N3O5S/c1-6-17(12-28)27-23(30)18-10-20(31-4)21(32-5)11-19(18)26-24(27)33-13-22(29)25-16-8-7-14(2)15(3)9-16/h7-11,17,28H,6,12-13H2,1-5H3,(H,25,29)/t17-/m0/s1. The minimum absolute atomic E-state index is 0.0556. The fourth-order valence-corrected chi connectivity index (χ4v) is 4.34. The van der Waals surface area contributed by atoms with Gasteiger partial charge in [0, 0.05) is 11.8 Å². The van der Waals surface area contributed by atoms with E-state index in [1.54, 1.807) is 12.1 Å². The van der Waals surface area contributed by atoms with E-state index in [1.165, 1.54) is 18.8 Å². The number of nitrogens with one attached hydrogen (secondary N) is 1. The lowest BCUT2D eigenvalue weighted by molar-refractivity contribution is -0.113. The summed E-state index contributed by atoms with van der Waals surface area (Å²) in [5, 5.41) is 13.5. The first-order valence-electron chi connectivity index (χ1n) is 10.6. The van der Waals surface area contributed by atoms with Crippen LogP contribution in [-0.4, -0.2) is 47.1 Å². The lowest BCUT2D eigenvalue weighted by Crippen LogP contribution is -2.29. The van der Waals surface area contributed by atoms with E-state index in [2.05, 4.69) is 10.3 Å². The van der Waals surface area contributed by atoms with Crippen LogP contribution in [0.4, 0.5) is 5.69 Å². The van der Waals surface area contributed by atoms with Crippen molar-refractivity contribution in [2.45, 2.75) is 38.4 Å². The maximum absolute atomic E-state index is 13.4. The van der Waals surface area contributed by atoms with Crippen LogP contribution in [0.15, 0.2) is 40.3 Å². The predicted molar refractivity (Wildman–Crippen MR) is 131 cm³/mol. The van der Waals surface area contributed by atoms with Gasteiger partial charge in [-0.15, -0.1) is 0 Å². The maximum Gasteiger partial charge on any atom is 0.262 e. The number of aromatic nitrogens is 2. The summed E-state index contributed by atoms with van der Waals surface area (Å²) in [5.41, 5.74) is 3.07. The van der Waals surface area contributed by atoms with Gasteiger partial charge in [0.05, 0.1) is 43.5 Å². The van der Waals surface area contributed by atoms with Crippen molar-refractivity contribution < 1.29 is 19.4 Å². The summed E-state index contributed by atoms with van der Waals surface area (Å²) in [6.07, 6.45) is 0.527. The Labute approximate surface area is 196 Å². The molecule has 176 valence electrons. The molecule has 0 aliphatic carbocycles. The Hall–Kier alpha value is -3.04. The number of anilines is 1. The SMILES string of the molecule is CC[C@@H](CO)n1c(SCC(=O)Nc2ccc(C)c(C)c2)nc2cc(OC)c(OC)cc2c1=O. The molecule has 0 aliphatic heterocycles. The first-order valence-corrected chi connectivity index (χ1v) is 11.6. The second kappa shape index (κ2) is 10.7. The first-order chi connectivity index (χ1) is 15.8.